The highest BCUT2D eigenvalue weighted by molar-refractivity contribution is 8.00. The van der Waals surface area contributed by atoms with Crippen molar-refractivity contribution in [1.82, 2.24) is 10.2 Å². The molecule has 3 N–H and O–H groups in total. The number of thiophene rings is 1. The molecule has 5 aromatic rings. The second-order valence-corrected chi connectivity index (χ2v) is 13.9. The molecule has 6 rings (SSSR count). The third kappa shape index (κ3) is 9.32. The number of carbonyl (C=O) groups excluding carboxylic acids is 3. The van der Waals surface area contributed by atoms with Crippen LogP contribution in [0.15, 0.2) is 120 Å². The van der Waals surface area contributed by atoms with Crippen LogP contribution in [-0.4, -0.2) is 42.0 Å². The third-order valence-electron chi connectivity index (χ3n) is 8.15. The van der Waals surface area contributed by atoms with Crippen molar-refractivity contribution in [1.29, 1.82) is 5.26 Å². The molecule has 2 heterocycles. The second kappa shape index (κ2) is 16.8. The highest BCUT2D eigenvalue weighted by Gasteiger charge is 2.25. The van der Waals surface area contributed by atoms with E-state index in [0.717, 1.165) is 41.4 Å². The molecule has 0 fully saturated rings. The monoisotopic (exact) mass is 713 g/mol. The van der Waals surface area contributed by atoms with E-state index in [0.29, 0.717) is 33.1 Å². The first-order chi connectivity index (χ1) is 24.9. The van der Waals surface area contributed by atoms with E-state index in [2.05, 4.69) is 39.1 Å². The molecule has 51 heavy (non-hydrogen) atoms. The van der Waals surface area contributed by atoms with Gasteiger partial charge in [-0.1, -0.05) is 66.7 Å². The topological polar surface area (TPSA) is 124 Å². The van der Waals surface area contributed by atoms with Crippen molar-refractivity contribution in [3.05, 3.63) is 148 Å². The highest BCUT2D eigenvalue weighted by Crippen LogP contribution is 2.37. The fraction of sp³-hybridized carbons (Fsp3) is 0.150. The van der Waals surface area contributed by atoms with Gasteiger partial charge in [-0.25, -0.2) is 0 Å². The molecule has 0 spiro atoms. The van der Waals surface area contributed by atoms with E-state index in [4.69, 9.17) is 4.74 Å². The van der Waals surface area contributed by atoms with Crippen molar-refractivity contribution in [2.45, 2.75) is 24.4 Å². The third-order valence-corrected chi connectivity index (χ3v) is 10.3. The van der Waals surface area contributed by atoms with Gasteiger partial charge in [0.2, 0.25) is 5.91 Å². The van der Waals surface area contributed by atoms with Crippen LogP contribution in [0.5, 0.6) is 5.75 Å². The van der Waals surface area contributed by atoms with Gasteiger partial charge >= 0.3 is 0 Å². The minimum Gasteiger partial charge on any atom is -0.497 e. The maximum absolute atomic E-state index is 13.6. The number of nitrogens with one attached hydrogen (secondary N) is 3. The number of amides is 3. The average molecular weight is 714 g/mol. The Hall–Kier alpha value is -5.67. The first-order valence-electron chi connectivity index (χ1n) is 16.3. The molecule has 0 saturated heterocycles. The van der Waals surface area contributed by atoms with Crippen molar-refractivity contribution >= 4 is 57.6 Å². The van der Waals surface area contributed by atoms with Crippen molar-refractivity contribution < 1.29 is 19.1 Å². The van der Waals surface area contributed by atoms with E-state index in [1.165, 1.54) is 28.7 Å². The summed E-state index contributed by atoms with van der Waals surface area (Å²) < 4.78 is 5.32. The van der Waals surface area contributed by atoms with E-state index >= 15 is 0 Å². The number of nitriles is 1. The fourth-order valence-electron chi connectivity index (χ4n) is 5.65. The summed E-state index contributed by atoms with van der Waals surface area (Å²) in [5.74, 6) is -0.447. The van der Waals surface area contributed by atoms with E-state index in [-0.39, 0.29) is 17.4 Å². The maximum Gasteiger partial charge on any atom is 0.272 e. The molecule has 1 aliphatic rings. The quantitative estimate of drug-likeness (QED) is 0.0914. The molecule has 1 aromatic heterocycles. The number of fused-ring (bicyclic) bond motifs is 1. The van der Waals surface area contributed by atoms with Crippen LogP contribution in [0.4, 0.5) is 10.7 Å². The minimum absolute atomic E-state index is 0.0460. The molecule has 9 nitrogen and oxygen atoms in total. The van der Waals surface area contributed by atoms with Gasteiger partial charge in [0.1, 0.15) is 22.5 Å². The summed E-state index contributed by atoms with van der Waals surface area (Å²) in [5.41, 5.74) is 4.44. The van der Waals surface area contributed by atoms with Gasteiger partial charge < -0.3 is 20.7 Å². The zero-order valence-corrected chi connectivity index (χ0v) is 29.5. The lowest BCUT2D eigenvalue weighted by molar-refractivity contribution is -0.114. The van der Waals surface area contributed by atoms with Crippen LogP contribution in [0.25, 0.3) is 6.08 Å². The number of rotatable bonds is 12. The largest absolute Gasteiger partial charge is 0.497 e. The molecule has 0 unspecified atom stereocenters. The maximum atomic E-state index is 13.6. The molecule has 0 bridgehead atoms. The fourth-order valence-corrected chi connectivity index (χ4v) is 7.67. The van der Waals surface area contributed by atoms with E-state index in [1.807, 2.05) is 30.3 Å². The van der Waals surface area contributed by atoms with Gasteiger partial charge in [0, 0.05) is 40.7 Å². The Kier molecular flexibility index (Phi) is 11.6. The zero-order valence-electron chi connectivity index (χ0n) is 27.8. The molecule has 11 heteroatoms. The van der Waals surface area contributed by atoms with Crippen LogP contribution >= 0.6 is 23.1 Å². The predicted octanol–water partition coefficient (Wildman–Crippen LogP) is 7.33. The molecular weight excluding hydrogens is 679 g/mol. The average Bonchev–Trinajstić information content (AvgIpc) is 3.50. The van der Waals surface area contributed by atoms with Crippen LogP contribution in [-0.2, 0) is 29.1 Å². The smallest absolute Gasteiger partial charge is 0.272 e. The SMILES string of the molecule is COc1cccc(/C=C(\NC(=O)c2ccccc2)C(=O)Nc2cccc(SCC(=O)Nc3sc4c(c3C#N)CCN(Cc3ccccc3)C4)c2)c1. The molecule has 0 aliphatic carbocycles. The summed E-state index contributed by atoms with van der Waals surface area (Å²) in [6.07, 6.45) is 2.34. The van der Waals surface area contributed by atoms with Crippen LogP contribution in [0, 0.1) is 11.3 Å². The molecule has 4 aromatic carbocycles. The Bertz CT molecular complexity index is 2110. The number of methoxy groups -OCH3 is 1. The molecular formula is C40H35N5O4S2. The van der Waals surface area contributed by atoms with Crippen LogP contribution < -0.4 is 20.7 Å². The Morgan fingerprint density at radius 3 is 2.47 bits per heavy atom. The molecule has 3 amide bonds. The summed E-state index contributed by atoms with van der Waals surface area (Å²) in [4.78, 5) is 43.9. The zero-order chi connectivity index (χ0) is 35.6. The van der Waals surface area contributed by atoms with Crippen molar-refractivity contribution in [3.63, 3.8) is 0 Å². The number of thioether (sulfide) groups is 1. The number of benzene rings is 4. The lowest BCUT2D eigenvalue weighted by Gasteiger charge is -2.26. The number of ether oxygens (including phenoxy) is 1. The Balaban J connectivity index is 1.09. The normalized spacial score (nSPS) is 12.7. The first-order valence-corrected chi connectivity index (χ1v) is 18.1. The van der Waals surface area contributed by atoms with Crippen molar-refractivity contribution in [2.75, 3.05) is 30.0 Å². The lowest BCUT2D eigenvalue weighted by Crippen LogP contribution is -2.30. The summed E-state index contributed by atoms with van der Waals surface area (Å²) in [5, 5.41) is 19.1. The van der Waals surface area contributed by atoms with Gasteiger partial charge in [0.25, 0.3) is 11.8 Å². The van der Waals surface area contributed by atoms with Crippen LogP contribution in [0.2, 0.25) is 0 Å². The number of nitrogens with zero attached hydrogens (tertiary/aromatic N) is 2. The summed E-state index contributed by atoms with van der Waals surface area (Å²) in [7, 11) is 1.56. The number of carbonyl (C=O) groups is 3. The van der Waals surface area contributed by atoms with Gasteiger partial charge in [-0.05, 0) is 71.7 Å². The second-order valence-electron chi connectivity index (χ2n) is 11.7. The Morgan fingerprint density at radius 1 is 0.941 bits per heavy atom. The van der Waals surface area contributed by atoms with Gasteiger partial charge in [-0.2, -0.15) is 5.26 Å². The lowest BCUT2D eigenvalue weighted by atomic mass is 10.0. The van der Waals surface area contributed by atoms with Gasteiger partial charge in [0.15, 0.2) is 0 Å². The number of anilines is 2. The summed E-state index contributed by atoms with van der Waals surface area (Å²) >= 11 is 2.79. The van der Waals surface area contributed by atoms with Crippen LogP contribution in [0.1, 0.15) is 37.5 Å². The molecule has 1 aliphatic heterocycles. The van der Waals surface area contributed by atoms with E-state index in [9.17, 15) is 19.6 Å². The first kappa shape index (κ1) is 35.2. The summed E-state index contributed by atoms with van der Waals surface area (Å²) in [6.45, 7) is 2.42. The molecule has 0 saturated carbocycles. The predicted molar refractivity (Wildman–Crippen MR) is 203 cm³/mol. The standard InChI is InChI=1S/C40H35N5O4S2/c1-49-31-16-8-12-28(20-31)21-35(43-38(47)29-13-6-3-7-14-29)39(48)42-30-15-9-17-32(22-30)50-26-37(46)44-40-34(23-41)33-18-19-45(25-36(33)51-40)24-27-10-4-2-5-11-27/h2-17,20-22H,18-19,24-26H2,1H3,(H,42,48)(H,43,47)(H,44,46)/b35-21-. The van der Waals surface area contributed by atoms with E-state index in [1.54, 1.807) is 79.9 Å². The Morgan fingerprint density at radius 2 is 1.71 bits per heavy atom. The minimum atomic E-state index is -0.518. The number of hydrogen-bond donors (Lipinski definition) is 3. The molecule has 0 atom stereocenters. The van der Waals surface area contributed by atoms with Crippen molar-refractivity contribution in [3.8, 4) is 11.8 Å². The van der Waals surface area contributed by atoms with Crippen molar-refractivity contribution in [2.24, 2.45) is 0 Å². The van der Waals surface area contributed by atoms with E-state index < -0.39 is 11.8 Å². The number of hydrogen-bond acceptors (Lipinski definition) is 8. The Labute approximate surface area is 305 Å². The van der Waals surface area contributed by atoms with Gasteiger partial charge in [-0.15, -0.1) is 23.1 Å². The van der Waals surface area contributed by atoms with Gasteiger partial charge in [0.05, 0.1) is 18.4 Å². The summed E-state index contributed by atoms with van der Waals surface area (Å²) in [6, 6.07) is 35.6. The van der Waals surface area contributed by atoms with Gasteiger partial charge in [-0.3, -0.25) is 19.3 Å². The van der Waals surface area contributed by atoms with Crippen LogP contribution in [0.3, 0.4) is 0 Å². The molecule has 0 radical (unpaired) electrons. The molecule has 256 valence electrons. The highest BCUT2D eigenvalue weighted by atomic mass is 32.2.